The molecule has 0 saturated heterocycles. The lowest BCUT2D eigenvalue weighted by Crippen LogP contribution is -2.47. The number of hydrogen-bond acceptors (Lipinski definition) is 5. The van der Waals surface area contributed by atoms with Crippen LogP contribution in [0, 0.1) is 19.8 Å². The Morgan fingerprint density at radius 3 is 2.50 bits per heavy atom. The van der Waals surface area contributed by atoms with E-state index in [1.54, 1.807) is 32.0 Å². The Morgan fingerprint density at radius 1 is 1.11 bits per heavy atom. The van der Waals surface area contributed by atoms with Gasteiger partial charge in [-0.05, 0) is 49.6 Å². The molecule has 0 saturated carbocycles. The molecule has 1 aromatic heterocycles. The largest absolute Gasteiger partial charge is 0.324 e. The average Bonchev–Trinajstić information content (AvgIpc) is 3.00. The van der Waals surface area contributed by atoms with Gasteiger partial charge in [0, 0.05) is 5.69 Å². The Bertz CT molecular complexity index is 1120. The van der Waals surface area contributed by atoms with Crippen LogP contribution >= 0.6 is 11.3 Å². The molecule has 0 aliphatic heterocycles. The molecule has 0 spiro atoms. The SMILES string of the molecule is Cc1nc2ccc(S(=O)(=O)NC(C(=O)Nc3ccccc3C)C(C)C)cc2s1. The van der Waals surface area contributed by atoms with Crippen molar-refractivity contribution in [3.8, 4) is 0 Å². The fraction of sp³-hybridized carbons (Fsp3) is 0.300. The average molecular weight is 418 g/mol. The molecule has 28 heavy (non-hydrogen) atoms. The van der Waals surface area contributed by atoms with E-state index in [-0.39, 0.29) is 16.7 Å². The lowest BCUT2D eigenvalue weighted by molar-refractivity contribution is -0.118. The van der Waals surface area contributed by atoms with Crippen molar-refractivity contribution < 1.29 is 13.2 Å². The minimum Gasteiger partial charge on any atom is -0.324 e. The molecule has 2 aromatic carbocycles. The highest BCUT2D eigenvalue weighted by molar-refractivity contribution is 7.89. The van der Waals surface area contributed by atoms with Crippen LogP contribution in [-0.2, 0) is 14.8 Å². The third-order valence-electron chi connectivity index (χ3n) is 4.41. The van der Waals surface area contributed by atoms with Gasteiger partial charge in [0.1, 0.15) is 6.04 Å². The molecule has 0 aliphatic carbocycles. The first-order chi connectivity index (χ1) is 13.2. The Hall–Kier alpha value is -2.29. The first-order valence-electron chi connectivity index (χ1n) is 8.93. The fourth-order valence-corrected chi connectivity index (χ4v) is 5.15. The van der Waals surface area contributed by atoms with Crippen LogP contribution in [0.15, 0.2) is 47.4 Å². The third kappa shape index (κ3) is 4.40. The van der Waals surface area contributed by atoms with E-state index in [2.05, 4.69) is 15.0 Å². The standard InChI is InChI=1S/C20H23N3O3S2/c1-12(2)19(20(24)22-16-8-6-5-7-13(16)3)23-28(25,26)15-9-10-17-18(11-15)27-14(4)21-17/h5-12,19,23H,1-4H3,(H,22,24). The first kappa shape index (κ1) is 20.4. The zero-order valence-electron chi connectivity index (χ0n) is 16.2. The first-order valence-corrected chi connectivity index (χ1v) is 11.2. The number of sulfonamides is 1. The number of rotatable bonds is 6. The highest BCUT2D eigenvalue weighted by Gasteiger charge is 2.29. The summed E-state index contributed by atoms with van der Waals surface area (Å²) >= 11 is 1.43. The number of amides is 1. The van der Waals surface area contributed by atoms with Crippen molar-refractivity contribution in [3.63, 3.8) is 0 Å². The molecule has 1 heterocycles. The van der Waals surface area contributed by atoms with Crippen LogP contribution in [0.3, 0.4) is 0 Å². The van der Waals surface area contributed by atoms with Gasteiger partial charge in [0.05, 0.1) is 20.1 Å². The van der Waals surface area contributed by atoms with Crippen molar-refractivity contribution in [3.05, 3.63) is 53.0 Å². The van der Waals surface area contributed by atoms with Crippen molar-refractivity contribution in [2.75, 3.05) is 5.32 Å². The smallest absolute Gasteiger partial charge is 0.242 e. The van der Waals surface area contributed by atoms with Gasteiger partial charge in [-0.25, -0.2) is 13.4 Å². The Morgan fingerprint density at radius 2 is 1.82 bits per heavy atom. The summed E-state index contributed by atoms with van der Waals surface area (Å²) in [7, 11) is -3.87. The minimum absolute atomic E-state index is 0.123. The molecule has 1 atom stereocenters. The number of fused-ring (bicyclic) bond motifs is 1. The van der Waals surface area contributed by atoms with E-state index < -0.39 is 16.1 Å². The van der Waals surface area contributed by atoms with E-state index in [0.717, 1.165) is 20.8 Å². The molecular formula is C20H23N3O3S2. The second kappa shape index (κ2) is 7.98. The second-order valence-corrected chi connectivity index (χ2v) is 9.96. The molecule has 0 fully saturated rings. The maximum absolute atomic E-state index is 12.9. The van der Waals surface area contributed by atoms with Crippen molar-refractivity contribution >= 4 is 43.2 Å². The van der Waals surface area contributed by atoms with Crippen LogP contribution in [0.2, 0.25) is 0 Å². The Balaban J connectivity index is 1.85. The second-order valence-electron chi connectivity index (χ2n) is 7.01. The normalized spacial score (nSPS) is 13.0. The van der Waals surface area contributed by atoms with E-state index in [9.17, 15) is 13.2 Å². The summed E-state index contributed by atoms with van der Waals surface area (Å²) in [6.45, 7) is 7.37. The Kier molecular flexibility index (Phi) is 5.83. The molecule has 2 N–H and O–H groups in total. The monoisotopic (exact) mass is 417 g/mol. The number of carbonyl (C=O) groups excluding carboxylic acids is 1. The maximum atomic E-state index is 12.9. The van der Waals surface area contributed by atoms with Crippen LogP contribution in [0.1, 0.15) is 24.4 Å². The predicted molar refractivity (Wildman–Crippen MR) is 113 cm³/mol. The number of thiazole rings is 1. The van der Waals surface area contributed by atoms with Crippen molar-refractivity contribution in [2.24, 2.45) is 5.92 Å². The van der Waals surface area contributed by atoms with Gasteiger partial charge in [0.25, 0.3) is 0 Å². The van der Waals surface area contributed by atoms with Gasteiger partial charge in [-0.15, -0.1) is 11.3 Å². The van der Waals surface area contributed by atoms with Gasteiger partial charge in [-0.2, -0.15) is 4.72 Å². The zero-order chi connectivity index (χ0) is 20.5. The van der Waals surface area contributed by atoms with E-state index in [1.165, 1.54) is 17.4 Å². The number of aryl methyl sites for hydroxylation is 2. The van der Waals surface area contributed by atoms with E-state index >= 15 is 0 Å². The fourth-order valence-electron chi connectivity index (χ4n) is 2.84. The molecule has 0 radical (unpaired) electrons. The van der Waals surface area contributed by atoms with Crippen LogP contribution in [0.5, 0.6) is 0 Å². The summed E-state index contributed by atoms with van der Waals surface area (Å²) in [5.41, 5.74) is 2.34. The van der Waals surface area contributed by atoms with Crippen LogP contribution in [0.25, 0.3) is 10.2 Å². The van der Waals surface area contributed by atoms with Gasteiger partial charge in [0.2, 0.25) is 15.9 Å². The highest BCUT2D eigenvalue weighted by Crippen LogP contribution is 2.25. The van der Waals surface area contributed by atoms with Gasteiger partial charge in [0.15, 0.2) is 0 Å². The molecule has 1 unspecified atom stereocenters. The van der Waals surface area contributed by atoms with Crippen LogP contribution in [0.4, 0.5) is 5.69 Å². The molecule has 8 heteroatoms. The number of nitrogens with zero attached hydrogens (tertiary/aromatic N) is 1. The zero-order valence-corrected chi connectivity index (χ0v) is 17.8. The van der Waals surface area contributed by atoms with Gasteiger partial charge >= 0.3 is 0 Å². The minimum atomic E-state index is -3.87. The number of para-hydroxylation sites is 1. The third-order valence-corrected chi connectivity index (χ3v) is 6.78. The van der Waals surface area contributed by atoms with Crippen LogP contribution in [-0.4, -0.2) is 25.4 Å². The molecule has 3 aromatic rings. The predicted octanol–water partition coefficient (Wildman–Crippen LogP) is 3.85. The number of hydrogen-bond donors (Lipinski definition) is 2. The number of nitrogens with one attached hydrogen (secondary N) is 2. The molecule has 6 nitrogen and oxygen atoms in total. The summed E-state index contributed by atoms with van der Waals surface area (Å²) in [6.07, 6.45) is 0. The lowest BCUT2D eigenvalue weighted by Gasteiger charge is -2.22. The van der Waals surface area contributed by atoms with Gasteiger partial charge < -0.3 is 5.32 Å². The molecular weight excluding hydrogens is 394 g/mol. The molecule has 1 amide bonds. The van der Waals surface area contributed by atoms with Crippen molar-refractivity contribution in [1.82, 2.24) is 9.71 Å². The van der Waals surface area contributed by atoms with Gasteiger partial charge in [-0.1, -0.05) is 32.0 Å². The lowest BCUT2D eigenvalue weighted by atomic mass is 10.0. The summed E-state index contributed by atoms with van der Waals surface area (Å²) in [5, 5.41) is 3.70. The van der Waals surface area contributed by atoms with Crippen LogP contribution < -0.4 is 10.0 Å². The molecule has 148 valence electrons. The topological polar surface area (TPSA) is 88.2 Å². The summed E-state index contributed by atoms with van der Waals surface area (Å²) < 4.78 is 29.2. The highest BCUT2D eigenvalue weighted by atomic mass is 32.2. The Labute approximate surface area is 169 Å². The van der Waals surface area contributed by atoms with Gasteiger partial charge in [-0.3, -0.25) is 4.79 Å². The van der Waals surface area contributed by atoms with Crippen molar-refractivity contribution in [2.45, 2.75) is 38.6 Å². The van der Waals surface area contributed by atoms with E-state index in [1.807, 2.05) is 32.0 Å². The van der Waals surface area contributed by atoms with E-state index in [0.29, 0.717) is 5.69 Å². The van der Waals surface area contributed by atoms with Crippen molar-refractivity contribution in [1.29, 1.82) is 0 Å². The summed E-state index contributed by atoms with van der Waals surface area (Å²) in [4.78, 5) is 17.3. The quantitative estimate of drug-likeness (QED) is 0.638. The van der Waals surface area contributed by atoms with E-state index in [4.69, 9.17) is 0 Å². The summed E-state index contributed by atoms with van der Waals surface area (Å²) in [5.74, 6) is -0.615. The number of benzene rings is 2. The molecule has 0 aliphatic rings. The number of aromatic nitrogens is 1. The maximum Gasteiger partial charge on any atom is 0.242 e. The summed E-state index contributed by atoms with van der Waals surface area (Å²) in [6, 6.07) is 11.3. The molecule has 3 rings (SSSR count). The number of anilines is 1. The number of carbonyl (C=O) groups is 1. The molecule has 0 bridgehead atoms.